The average molecular weight is 359 g/mol. The third-order valence-electron chi connectivity index (χ3n) is 4.44. The third-order valence-corrected chi connectivity index (χ3v) is 4.44. The van der Waals surface area contributed by atoms with Gasteiger partial charge in [0.2, 0.25) is 11.9 Å². The van der Waals surface area contributed by atoms with Crippen LogP contribution < -0.4 is 15.5 Å². The lowest BCUT2D eigenvalue weighted by Gasteiger charge is -2.19. The number of fused-ring (bicyclic) bond motifs is 1. The van der Waals surface area contributed by atoms with Crippen LogP contribution in [0, 0.1) is 6.92 Å². The minimum atomic E-state index is -0.103. The van der Waals surface area contributed by atoms with Crippen LogP contribution in [0.15, 0.2) is 54.6 Å². The van der Waals surface area contributed by atoms with Crippen molar-refractivity contribution in [3.8, 4) is 0 Å². The largest absolute Gasteiger partial charge is 0.326 e. The number of nitrogens with zero attached hydrogens (tertiary/aromatic N) is 3. The molecule has 0 bridgehead atoms. The van der Waals surface area contributed by atoms with Crippen LogP contribution in [0.1, 0.15) is 18.2 Å². The Hall–Kier alpha value is -3.41. The van der Waals surface area contributed by atoms with E-state index in [0.29, 0.717) is 5.95 Å². The second-order valence-electron chi connectivity index (χ2n) is 6.61. The molecule has 1 amide bonds. The highest BCUT2D eigenvalue weighted by atomic mass is 16.1. The number of carbonyl (C=O) groups excluding carboxylic acids is 1. The topological polar surface area (TPSA) is 70.2 Å². The summed E-state index contributed by atoms with van der Waals surface area (Å²) in [5.74, 6) is 1.32. The molecule has 0 atom stereocenters. The molecule has 0 unspecified atom stereocenters. The van der Waals surface area contributed by atoms with Crippen molar-refractivity contribution in [2.24, 2.45) is 0 Å². The van der Waals surface area contributed by atoms with Gasteiger partial charge in [-0.15, -0.1) is 0 Å². The number of hydrogen-bond acceptors (Lipinski definition) is 5. The van der Waals surface area contributed by atoms with Crippen LogP contribution in [0.5, 0.6) is 0 Å². The van der Waals surface area contributed by atoms with Crippen molar-refractivity contribution in [1.29, 1.82) is 0 Å². The van der Waals surface area contributed by atoms with Gasteiger partial charge in [-0.3, -0.25) is 4.79 Å². The maximum absolute atomic E-state index is 11.3. The molecule has 1 aliphatic rings. The molecule has 1 aromatic heterocycles. The number of aromatic nitrogens is 2. The third kappa shape index (κ3) is 3.74. The zero-order chi connectivity index (χ0) is 18.8. The normalized spacial score (nSPS) is 12.6. The number of nitrogens with one attached hydrogen (secondary N) is 2. The Kier molecular flexibility index (Phi) is 4.46. The quantitative estimate of drug-likeness (QED) is 0.731. The van der Waals surface area contributed by atoms with Gasteiger partial charge in [0, 0.05) is 42.3 Å². The molecular weight excluding hydrogens is 338 g/mol. The van der Waals surface area contributed by atoms with Crippen molar-refractivity contribution in [3.63, 3.8) is 0 Å². The first-order valence-electron chi connectivity index (χ1n) is 8.94. The number of hydrogen-bond donors (Lipinski definition) is 2. The summed E-state index contributed by atoms with van der Waals surface area (Å²) in [6, 6.07) is 17.9. The Morgan fingerprint density at radius 3 is 2.70 bits per heavy atom. The van der Waals surface area contributed by atoms with Crippen LogP contribution in [-0.4, -0.2) is 22.4 Å². The van der Waals surface area contributed by atoms with Crippen molar-refractivity contribution in [1.82, 2.24) is 9.97 Å². The van der Waals surface area contributed by atoms with Gasteiger partial charge in [-0.1, -0.05) is 24.3 Å². The summed E-state index contributed by atoms with van der Waals surface area (Å²) in [6.07, 6.45) is 1.01. The first-order valence-corrected chi connectivity index (χ1v) is 8.94. The molecule has 2 N–H and O–H groups in total. The molecule has 4 rings (SSSR count). The van der Waals surface area contributed by atoms with Gasteiger partial charge in [0.25, 0.3) is 0 Å². The lowest BCUT2D eigenvalue weighted by molar-refractivity contribution is -0.114. The SMILES string of the molecule is CC(=O)Nc1cccc(Nc2nc(C)cc(N3CCc4ccccc43)n2)c1. The van der Waals surface area contributed by atoms with E-state index in [9.17, 15) is 4.79 Å². The van der Waals surface area contributed by atoms with E-state index in [-0.39, 0.29) is 5.91 Å². The molecule has 6 heteroatoms. The fourth-order valence-electron chi connectivity index (χ4n) is 3.33. The molecule has 27 heavy (non-hydrogen) atoms. The Balaban J connectivity index is 1.61. The maximum atomic E-state index is 11.3. The van der Waals surface area contributed by atoms with E-state index >= 15 is 0 Å². The second kappa shape index (κ2) is 7.07. The Morgan fingerprint density at radius 2 is 1.85 bits per heavy atom. The molecule has 2 heterocycles. The van der Waals surface area contributed by atoms with Crippen molar-refractivity contribution >= 4 is 34.7 Å². The van der Waals surface area contributed by atoms with Crippen molar-refractivity contribution in [2.75, 3.05) is 22.1 Å². The fraction of sp³-hybridized carbons (Fsp3) is 0.190. The molecule has 6 nitrogen and oxygen atoms in total. The van der Waals surface area contributed by atoms with E-state index in [1.54, 1.807) is 0 Å². The van der Waals surface area contributed by atoms with Gasteiger partial charge in [-0.2, -0.15) is 4.98 Å². The number of rotatable bonds is 4. The van der Waals surface area contributed by atoms with Crippen molar-refractivity contribution < 1.29 is 4.79 Å². The van der Waals surface area contributed by atoms with E-state index in [4.69, 9.17) is 4.98 Å². The second-order valence-corrected chi connectivity index (χ2v) is 6.61. The van der Waals surface area contributed by atoms with Gasteiger partial charge in [-0.25, -0.2) is 4.98 Å². The predicted octanol–water partition coefficient (Wildman–Crippen LogP) is 4.18. The van der Waals surface area contributed by atoms with E-state index in [1.807, 2.05) is 37.3 Å². The number of para-hydroxylation sites is 1. The Bertz CT molecular complexity index is 1000. The van der Waals surface area contributed by atoms with Crippen LogP contribution in [-0.2, 0) is 11.2 Å². The standard InChI is InChI=1S/C21H21N5O/c1-14-12-20(26-11-10-16-6-3-4-9-19(16)26)25-21(22-14)24-18-8-5-7-17(13-18)23-15(2)27/h3-9,12-13H,10-11H2,1-2H3,(H,23,27)(H,22,24,25). The zero-order valence-electron chi connectivity index (χ0n) is 15.4. The molecule has 1 aliphatic heterocycles. The highest BCUT2D eigenvalue weighted by molar-refractivity contribution is 5.89. The maximum Gasteiger partial charge on any atom is 0.229 e. The van der Waals surface area contributed by atoms with Crippen molar-refractivity contribution in [3.05, 3.63) is 65.9 Å². The molecular formula is C21H21N5O. The van der Waals surface area contributed by atoms with Crippen LogP contribution in [0.2, 0.25) is 0 Å². The molecule has 136 valence electrons. The fourth-order valence-corrected chi connectivity index (χ4v) is 3.33. The van der Waals surface area contributed by atoms with Crippen LogP contribution in [0.25, 0.3) is 0 Å². The van der Waals surface area contributed by atoms with Gasteiger partial charge in [-0.05, 0) is 43.2 Å². The molecule has 0 saturated carbocycles. The summed E-state index contributed by atoms with van der Waals surface area (Å²) in [6.45, 7) is 4.36. The molecule has 0 saturated heterocycles. The van der Waals surface area contributed by atoms with E-state index < -0.39 is 0 Å². The van der Waals surface area contributed by atoms with E-state index in [1.165, 1.54) is 18.2 Å². The number of amides is 1. The summed E-state index contributed by atoms with van der Waals surface area (Å²) in [7, 11) is 0. The first-order chi connectivity index (χ1) is 13.1. The van der Waals surface area contributed by atoms with Gasteiger partial charge < -0.3 is 15.5 Å². The lowest BCUT2D eigenvalue weighted by Crippen LogP contribution is -2.16. The minimum absolute atomic E-state index is 0.103. The molecule has 0 spiro atoms. The Labute approximate surface area is 158 Å². The van der Waals surface area contributed by atoms with Crippen molar-refractivity contribution in [2.45, 2.75) is 20.3 Å². The average Bonchev–Trinajstić information content (AvgIpc) is 3.05. The molecule has 3 aromatic rings. The summed E-state index contributed by atoms with van der Waals surface area (Å²) >= 11 is 0. The number of aryl methyl sites for hydroxylation is 1. The minimum Gasteiger partial charge on any atom is -0.326 e. The highest BCUT2D eigenvalue weighted by Gasteiger charge is 2.21. The summed E-state index contributed by atoms with van der Waals surface area (Å²) in [4.78, 5) is 22.7. The van der Waals surface area contributed by atoms with E-state index in [0.717, 1.165) is 35.9 Å². The van der Waals surface area contributed by atoms with Gasteiger partial charge in [0.15, 0.2) is 0 Å². The summed E-state index contributed by atoms with van der Waals surface area (Å²) in [5.41, 5.74) is 4.99. The molecule has 0 fully saturated rings. The summed E-state index contributed by atoms with van der Waals surface area (Å²) in [5, 5.41) is 6.03. The first kappa shape index (κ1) is 17.0. The number of benzene rings is 2. The monoisotopic (exact) mass is 359 g/mol. The van der Waals surface area contributed by atoms with Crippen LogP contribution in [0.3, 0.4) is 0 Å². The van der Waals surface area contributed by atoms with Gasteiger partial charge in [0.1, 0.15) is 5.82 Å². The predicted molar refractivity (Wildman–Crippen MR) is 108 cm³/mol. The zero-order valence-corrected chi connectivity index (χ0v) is 15.4. The van der Waals surface area contributed by atoms with Gasteiger partial charge >= 0.3 is 0 Å². The Morgan fingerprint density at radius 1 is 1.04 bits per heavy atom. The van der Waals surface area contributed by atoms with Crippen LogP contribution >= 0.6 is 0 Å². The number of anilines is 5. The smallest absolute Gasteiger partial charge is 0.229 e. The highest BCUT2D eigenvalue weighted by Crippen LogP contribution is 2.34. The molecule has 0 aliphatic carbocycles. The number of carbonyl (C=O) groups is 1. The summed E-state index contributed by atoms with van der Waals surface area (Å²) < 4.78 is 0. The van der Waals surface area contributed by atoms with Crippen LogP contribution in [0.4, 0.5) is 28.8 Å². The molecule has 2 aromatic carbocycles. The molecule has 0 radical (unpaired) electrons. The lowest BCUT2D eigenvalue weighted by atomic mass is 10.2. The van der Waals surface area contributed by atoms with Gasteiger partial charge in [0.05, 0.1) is 0 Å². The van der Waals surface area contributed by atoms with E-state index in [2.05, 4.69) is 44.8 Å².